The lowest BCUT2D eigenvalue weighted by Gasteiger charge is -2.32. The Hall–Kier alpha value is -1.83. The molecular formula is C26H36F4O4. The number of hydrogen-bond donors (Lipinski definition) is 0. The van der Waals surface area contributed by atoms with Gasteiger partial charge in [0.2, 0.25) is 0 Å². The van der Waals surface area contributed by atoms with Crippen molar-refractivity contribution in [3.63, 3.8) is 0 Å². The number of benzene rings is 1. The number of hydrogen-bond acceptors (Lipinski definition) is 4. The fourth-order valence-electron chi connectivity index (χ4n) is 5.00. The lowest BCUT2D eigenvalue weighted by Crippen LogP contribution is -2.36. The molecule has 0 bridgehead atoms. The summed E-state index contributed by atoms with van der Waals surface area (Å²) >= 11 is 0. The lowest BCUT2D eigenvalue weighted by atomic mass is 9.80. The Morgan fingerprint density at radius 3 is 2.38 bits per heavy atom. The van der Waals surface area contributed by atoms with E-state index in [1.165, 1.54) is 12.1 Å². The third-order valence-electron chi connectivity index (χ3n) is 6.90. The second-order valence-electron chi connectivity index (χ2n) is 9.51. The Kier molecular flexibility index (Phi) is 9.63. The largest absolute Gasteiger partial charge is 0.491 e. The van der Waals surface area contributed by atoms with Crippen molar-refractivity contribution in [2.45, 2.75) is 102 Å². The quantitative estimate of drug-likeness (QED) is 0.210. The van der Waals surface area contributed by atoms with E-state index < -0.39 is 29.6 Å². The Morgan fingerprint density at radius 2 is 1.79 bits per heavy atom. The molecule has 4 nitrogen and oxygen atoms in total. The van der Waals surface area contributed by atoms with Crippen molar-refractivity contribution in [1.82, 2.24) is 0 Å². The minimum Gasteiger partial charge on any atom is -0.491 e. The molecule has 1 saturated heterocycles. The zero-order valence-electron chi connectivity index (χ0n) is 20.1. The van der Waals surface area contributed by atoms with Gasteiger partial charge in [0.1, 0.15) is 6.10 Å². The van der Waals surface area contributed by atoms with Gasteiger partial charge in [-0.25, -0.2) is 9.18 Å². The van der Waals surface area contributed by atoms with Crippen LogP contribution in [0, 0.1) is 11.7 Å². The van der Waals surface area contributed by atoms with Gasteiger partial charge in [0, 0.05) is 0 Å². The van der Waals surface area contributed by atoms with Gasteiger partial charge in [-0.05, 0) is 74.8 Å². The van der Waals surface area contributed by atoms with Crippen LogP contribution in [0.25, 0.3) is 0 Å². The molecule has 0 spiro atoms. The summed E-state index contributed by atoms with van der Waals surface area (Å²) in [4.78, 5) is 12.5. The summed E-state index contributed by atoms with van der Waals surface area (Å²) in [5.41, 5.74) is -1.28. The summed E-state index contributed by atoms with van der Waals surface area (Å²) in [7, 11) is 0. The van der Waals surface area contributed by atoms with Crippen molar-refractivity contribution in [3.05, 3.63) is 29.1 Å². The highest BCUT2D eigenvalue weighted by Gasteiger charge is 2.41. The van der Waals surface area contributed by atoms with Gasteiger partial charge in [0.15, 0.2) is 17.7 Å². The van der Waals surface area contributed by atoms with Crippen molar-refractivity contribution in [1.29, 1.82) is 0 Å². The van der Waals surface area contributed by atoms with E-state index in [-0.39, 0.29) is 30.0 Å². The molecule has 1 saturated carbocycles. The Labute approximate surface area is 199 Å². The van der Waals surface area contributed by atoms with E-state index >= 15 is 0 Å². The van der Waals surface area contributed by atoms with Crippen molar-refractivity contribution < 1.29 is 36.6 Å². The normalized spacial score (nSPS) is 25.7. The highest BCUT2D eigenvalue weighted by atomic mass is 19.4. The molecule has 1 aliphatic carbocycles. The van der Waals surface area contributed by atoms with E-state index in [1.807, 2.05) is 6.92 Å². The monoisotopic (exact) mass is 488 g/mol. The number of carbonyl (C=O) groups is 1. The lowest BCUT2D eigenvalue weighted by molar-refractivity contribution is -0.169. The molecule has 0 aromatic heterocycles. The number of unbranched alkanes of at least 4 members (excludes halogenated alkanes) is 1. The van der Waals surface area contributed by atoms with Gasteiger partial charge in [-0.2, -0.15) is 13.2 Å². The van der Waals surface area contributed by atoms with Gasteiger partial charge in [-0.15, -0.1) is 0 Å². The fourth-order valence-corrected chi connectivity index (χ4v) is 5.00. The van der Waals surface area contributed by atoms with Crippen molar-refractivity contribution in [2.24, 2.45) is 5.92 Å². The van der Waals surface area contributed by atoms with Crippen LogP contribution in [0.1, 0.15) is 95.1 Å². The third-order valence-corrected chi connectivity index (χ3v) is 6.90. The van der Waals surface area contributed by atoms with E-state index in [1.54, 1.807) is 0 Å². The molecule has 0 amide bonds. The molecule has 8 heteroatoms. The first-order valence-electron chi connectivity index (χ1n) is 12.6. The van der Waals surface area contributed by atoms with Crippen LogP contribution in [0.5, 0.6) is 5.75 Å². The van der Waals surface area contributed by atoms with Gasteiger partial charge in [0.05, 0.1) is 18.8 Å². The third kappa shape index (κ3) is 6.86. The van der Waals surface area contributed by atoms with Gasteiger partial charge in [0.25, 0.3) is 0 Å². The Balaban J connectivity index is 1.59. The van der Waals surface area contributed by atoms with Crippen LogP contribution < -0.4 is 4.74 Å². The number of halogens is 4. The molecule has 2 atom stereocenters. The molecular weight excluding hydrogens is 452 g/mol. The zero-order chi connectivity index (χ0) is 24.7. The van der Waals surface area contributed by atoms with E-state index in [0.29, 0.717) is 51.0 Å². The van der Waals surface area contributed by atoms with Gasteiger partial charge >= 0.3 is 12.1 Å². The van der Waals surface area contributed by atoms with E-state index in [9.17, 15) is 22.4 Å². The predicted octanol–water partition coefficient (Wildman–Crippen LogP) is 7.19. The maximum atomic E-state index is 14.8. The molecule has 0 N–H and O–H groups in total. The predicted molar refractivity (Wildman–Crippen MR) is 120 cm³/mol. The molecule has 0 radical (unpaired) electrons. The van der Waals surface area contributed by atoms with Crippen LogP contribution in [0.3, 0.4) is 0 Å². The molecule has 2 aliphatic rings. The molecule has 3 rings (SSSR count). The number of carbonyl (C=O) groups excluding carboxylic acids is 1. The second-order valence-corrected chi connectivity index (χ2v) is 9.51. The van der Waals surface area contributed by atoms with Crippen molar-refractivity contribution in [3.8, 4) is 5.75 Å². The van der Waals surface area contributed by atoms with Crippen LogP contribution in [0.2, 0.25) is 0 Å². The SMILES string of the molecule is CCCCOc1ccc(C2CCC(OC(=O)C3CCC(CCC)CO3)CC2)c(C(F)(F)F)c1F. The highest BCUT2D eigenvalue weighted by Crippen LogP contribution is 2.44. The average molecular weight is 489 g/mol. The molecule has 192 valence electrons. The summed E-state index contributed by atoms with van der Waals surface area (Å²) in [5.74, 6) is -2.05. The second kappa shape index (κ2) is 12.2. The molecule has 1 heterocycles. The molecule has 2 fully saturated rings. The standard InChI is InChI=1S/C26H36F4O4/c1-3-5-15-32-21-14-12-20(23(24(21)27)26(28,29)30)18-8-10-19(11-9-18)34-25(31)22-13-7-17(6-4-2)16-33-22/h12,14,17-19,22H,3-11,13,15-16H2,1-2H3. The smallest absolute Gasteiger partial charge is 0.419 e. The number of rotatable bonds is 9. The van der Waals surface area contributed by atoms with E-state index in [2.05, 4.69) is 6.92 Å². The topological polar surface area (TPSA) is 44.8 Å². The van der Waals surface area contributed by atoms with Gasteiger partial charge in [-0.3, -0.25) is 0 Å². The minimum absolute atomic E-state index is 0.0461. The molecule has 34 heavy (non-hydrogen) atoms. The summed E-state index contributed by atoms with van der Waals surface area (Å²) in [6, 6.07) is 2.64. The number of alkyl halides is 3. The zero-order valence-corrected chi connectivity index (χ0v) is 20.1. The van der Waals surface area contributed by atoms with Gasteiger partial charge < -0.3 is 14.2 Å². The minimum atomic E-state index is -4.82. The number of ether oxygens (including phenoxy) is 3. The first-order valence-corrected chi connectivity index (χ1v) is 12.6. The van der Waals surface area contributed by atoms with Crippen molar-refractivity contribution >= 4 is 5.97 Å². The average Bonchev–Trinajstić information content (AvgIpc) is 2.80. The first kappa shape index (κ1) is 26.8. The van der Waals surface area contributed by atoms with E-state index in [0.717, 1.165) is 25.7 Å². The van der Waals surface area contributed by atoms with Crippen LogP contribution in [0.4, 0.5) is 17.6 Å². The van der Waals surface area contributed by atoms with Gasteiger partial charge in [-0.1, -0.05) is 32.8 Å². The van der Waals surface area contributed by atoms with Crippen molar-refractivity contribution in [2.75, 3.05) is 13.2 Å². The maximum absolute atomic E-state index is 14.8. The summed E-state index contributed by atoms with van der Waals surface area (Å²) in [6.07, 6.45) is 1.10. The van der Waals surface area contributed by atoms with Crippen LogP contribution in [-0.2, 0) is 20.4 Å². The van der Waals surface area contributed by atoms with Crippen LogP contribution in [-0.4, -0.2) is 31.4 Å². The summed E-state index contributed by atoms with van der Waals surface area (Å²) in [6.45, 7) is 4.77. The van der Waals surface area contributed by atoms with Crippen LogP contribution >= 0.6 is 0 Å². The molecule has 1 aromatic carbocycles. The molecule has 1 aliphatic heterocycles. The molecule has 2 unspecified atom stereocenters. The summed E-state index contributed by atoms with van der Waals surface area (Å²) in [5, 5.41) is 0. The fraction of sp³-hybridized carbons (Fsp3) is 0.731. The van der Waals surface area contributed by atoms with Crippen LogP contribution in [0.15, 0.2) is 12.1 Å². The Morgan fingerprint density at radius 1 is 1.06 bits per heavy atom. The van der Waals surface area contributed by atoms with E-state index in [4.69, 9.17) is 14.2 Å². The molecule has 1 aromatic rings. The highest BCUT2D eigenvalue weighted by molar-refractivity contribution is 5.75. The Bertz CT molecular complexity index is 795. The first-order chi connectivity index (χ1) is 16.2. The summed E-state index contributed by atoms with van der Waals surface area (Å²) < 4.78 is 72.7. The number of esters is 1. The maximum Gasteiger partial charge on any atom is 0.419 e.